The Bertz CT molecular complexity index is 420. The van der Waals surface area contributed by atoms with Crippen LogP contribution in [0.1, 0.15) is 31.1 Å². The third-order valence-electron chi connectivity index (χ3n) is 3.16. The van der Waals surface area contributed by atoms with Crippen molar-refractivity contribution in [3.63, 3.8) is 0 Å². The first-order valence-electron chi connectivity index (χ1n) is 5.71. The van der Waals surface area contributed by atoms with E-state index in [0.29, 0.717) is 23.0 Å². The van der Waals surface area contributed by atoms with E-state index >= 15 is 0 Å². The number of halogens is 1. The van der Waals surface area contributed by atoms with Crippen LogP contribution in [0.4, 0.5) is 4.39 Å². The highest BCUT2D eigenvalue weighted by atomic mass is 32.2. The van der Waals surface area contributed by atoms with E-state index in [2.05, 4.69) is 0 Å². The first kappa shape index (κ1) is 12.7. The van der Waals surface area contributed by atoms with Crippen molar-refractivity contribution in [2.75, 3.05) is 7.11 Å². The van der Waals surface area contributed by atoms with Gasteiger partial charge >= 0.3 is 0 Å². The molecule has 1 N–H and O–H groups in total. The third kappa shape index (κ3) is 2.16. The molecule has 0 saturated carbocycles. The van der Waals surface area contributed by atoms with Gasteiger partial charge in [-0.1, -0.05) is 13.8 Å². The molecular formula is C13H17FO2S. The Kier molecular flexibility index (Phi) is 3.64. The van der Waals surface area contributed by atoms with Gasteiger partial charge in [0.1, 0.15) is 11.6 Å². The van der Waals surface area contributed by atoms with Crippen LogP contribution in [0.5, 0.6) is 5.75 Å². The van der Waals surface area contributed by atoms with Gasteiger partial charge in [0.25, 0.3) is 0 Å². The fourth-order valence-electron chi connectivity index (χ4n) is 2.27. The van der Waals surface area contributed by atoms with Crippen molar-refractivity contribution >= 4 is 11.8 Å². The molecule has 0 aromatic heterocycles. The van der Waals surface area contributed by atoms with Gasteiger partial charge in [0.15, 0.2) is 0 Å². The van der Waals surface area contributed by atoms with Gasteiger partial charge in [-0.05, 0) is 18.1 Å². The molecule has 2 nitrogen and oxygen atoms in total. The first-order valence-corrected chi connectivity index (χ1v) is 6.76. The lowest BCUT2D eigenvalue weighted by atomic mass is 9.94. The molecule has 1 aliphatic rings. The number of benzene rings is 1. The zero-order valence-corrected chi connectivity index (χ0v) is 11.1. The molecule has 0 saturated heterocycles. The molecule has 2 rings (SSSR count). The van der Waals surface area contributed by atoms with E-state index in [1.54, 1.807) is 24.9 Å². The lowest BCUT2D eigenvalue weighted by Gasteiger charge is -2.33. The predicted octanol–water partition coefficient (Wildman–Crippen LogP) is 3.14. The maximum absolute atomic E-state index is 13.9. The molecule has 0 amide bonds. The Morgan fingerprint density at radius 3 is 2.76 bits per heavy atom. The van der Waals surface area contributed by atoms with Crippen molar-refractivity contribution in [2.45, 2.75) is 31.0 Å². The second-order valence-electron chi connectivity index (χ2n) is 4.61. The summed E-state index contributed by atoms with van der Waals surface area (Å²) in [7, 11) is 1.57. The summed E-state index contributed by atoms with van der Waals surface area (Å²) in [5.74, 6) is 1.33. The third-order valence-corrected chi connectivity index (χ3v) is 4.81. The maximum Gasteiger partial charge on any atom is 0.129 e. The van der Waals surface area contributed by atoms with Crippen molar-refractivity contribution in [3.8, 4) is 5.75 Å². The fourth-order valence-corrected chi connectivity index (χ4v) is 3.63. The molecule has 1 heterocycles. The van der Waals surface area contributed by atoms with Crippen LogP contribution in [-0.4, -0.2) is 17.5 Å². The quantitative estimate of drug-likeness (QED) is 0.881. The maximum atomic E-state index is 13.9. The van der Waals surface area contributed by atoms with E-state index in [9.17, 15) is 9.50 Å². The molecular weight excluding hydrogens is 239 g/mol. The van der Waals surface area contributed by atoms with Crippen LogP contribution < -0.4 is 4.74 Å². The Hall–Kier alpha value is -0.740. The second-order valence-corrected chi connectivity index (χ2v) is 5.77. The molecule has 1 aliphatic heterocycles. The summed E-state index contributed by atoms with van der Waals surface area (Å²) in [5, 5.41) is 10.3. The van der Waals surface area contributed by atoms with Crippen LogP contribution in [-0.2, 0) is 5.75 Å². The van der Waals surface area contributed by atoms with Crippen LogP contribution >= 0.6 is 11.8 Å². The van der Waals surface area contributed by atoms with Crippen molar-refractivity contribution in [3.05, 3.63) is 29.1 Å². The highest BCUT2D eigenvalue weighted by Gasteiger charge is 2.34. The molecule has 2 unspecified atom stereocenters. The summed E-state index contributed by atoms with van der Waals surface area (Å²) in [5.41, 5.74) is 1.21. The highest BCUT2D eigenvalue weighted by Crippen LogP contribution is 2.45. The van der Waals surface area contributed by atoms with Gasteiger partial charge in [-0.3, -0.25) is 0 Å². The van der Waals surface area contributed by atoms with Gasteiger partial charge in [0.2, 0.25) is 0 Å². The number of aliphatic hydroxyl groups excluding tert-OH is 1. The monoisotopic (exact) mass is 256 g/mol. The van der Waals surface area contributed by atoms with E-state index in [1.807, 2.05) is 13.8 Å². The number of fused-ring (bicyclic) bond motifs is 1. The predicted molar refractivity (Wildman–Crippen MR) is 67.8 cm³/mol. The standard InChI is InChI=1S/C13H17FO2S/c1-7(2)13-12(15)11-8(6-17-13)10(16-3)5-4-9(11)14/h4-5,7,12-13,15H,6H2,1-3H3. The summed E-state index contributed by atoms with van der Waals surface area (Å²) in [4.78, 5) is 0. The minimum Gasteiger partial charge on any atom is -0.496 e. The van der Waals surface area contributed by atoms with Gasteiger partial charge in [0.05, 0.1) is 13.2 Å². The molecule has 0 fully saturated rings. The minimum atomic E-state index is -0.751. The average Bonchev–Trinajstić information content (AvgIpc) is 2.29. The topological polar surface area (TPSA) is 29.5 Å². The molecule has 0 aliphatic carbocycles. The van der Waals surface area contributed by atoms with Crippen LogP contribution in [0.25, 0.3) is 0 Å². The SMILES string of the molecule is COc1ccc(F)c2c1CSC(C(C)C)C2O. The van der Waals surface area contributed by atoms with Gasteiger partial charge in [0, 0.05) is 22.1 Å². The summed E-state index contributed by atoms with van der Waals surface area (Å²) in [6, 6.07) is 2.99. The highest BCUT2D eigenvalue weighted by molar-refractivity contribution is 7.99. The summed E-state index contributed by atoms with van der Waals surface area (Å²) in [6.45, 7) is 4.09. The molecule has 94 valence electrons. The summed E-state index contributed by atoms with van der Waals surface area (Å²) >= 11 is 1.66. The van der Waals surface area contributed by atoms with E-state index in [-0.39, 0.29) is 11.1 Å². The molecule has 0 bridgehead atoms. The van der Waals surface area contributed by atoms with Crippen molar-refractivity contribution in [1.82, 2.24) is 0 Å². The molecule has 1 aromatic carbocycles. The van der Waals surface area contributed by atoms with Crippen molar-refractivity contribution < 1.29 is 14.2 Å². The van der Waals surface area contributed by atoms with Crippen LogP contribution in [0.3, 0.4) is 0 Å². The number of methoxy groups -OCH3 is 1. The summed E-state index contributed by atoms with van der Waals surface area (Å²) < 4.78 is 19.1. The Morgan fingerprint density at radius 1 is 1.47 bits per heavy atom. The number of ether oxygens (including phenoxy) is 1. The van der Waals surface area contributed by atoms with E-state index in [0.717, 1.165) is 5.56 Å². The second kappa shape index (κ2) is 4.86. The smallest absolute Gasteiger partial charge is 0.129 e. The molecule has 17 heavy (non-hydrogen) atoms. The average molecular weight is 256 g/mol. The van der Waals surface area contributed by atoms with E-state index in [4.69, 9.17) is 4.74 Å². The minimum absolute atomic E-state index is 0.0455. The van der Waals surface area contributed by atoms with E-state index < -0.39 is 6.10 Å². The Labute approximate surface area is 105 Å². The number of hydrogen-bond acceptors (Lipinski definition) is 3. The van der Waals surface area contributed by atoms with Crippen LogP contribution in [0.2, 0.25) is 0 Å². The molecule has 4 heteroatoms. The number of thioether (sulfide) groups is 1. The van der Waals surface area contributed by atoms with Gasteiger partial charge in [-0.25, -0.2) is 4.39 Å². The van der Waals surface area contributed by atoms with Crippen molar-refractivity contribution in [2.24, 2.45) is 5.92 Å². The molecule has 1 aromatic rings. The Morgan fingerprint density at radius 2 is 2.18 bits per heavy atom. The molecule has 2 atom stereocenters. The molecule has 0 spiro atoms. The lowest BCUT2D eigenvalue weighted by Crippen LogP contribution is -2.27. The van der Waals surface area contributed by atoms with Gasteiger partial charge in [-0.2, -0.15) is 11.8 Å². The zero-order valence-electron chi connectivity index (χ0n) is 10.2. The normalized spacial score (nSPS) is 23.6. The lowest BCUT2D eigenvalue weighted by molar-refractivity contribution is 0.150. The number of hydrogen-bond donors (Lipinski definition) is 1. The van der Waals surface area contributed by atoms with Crippen LogP contribution in [0.15, 0.2) is 12.1 Å². The van der Waals surface area contributed by atoms with E-state index in [1.165, 1.54) is 6.07 Å². The fraction of sp³-hybridized carbons (Fsp3) is 0.538. The van der Waals surface area contributed by atoms with Crippen molar-refractivity contribution in [1.29, 1.82) is 0 Å². The summed E-state index contributed by atoms with van der Waals surface area (Å²) in [6.07, 6.45) is -0.751. The first-order chi connectivity index (χ1) is 8.06. The molecule has 0 radical (unpaired) electrons. The zero-order chi connectivity index (χ0) is 12.6. The van der Waals surface area contributed by atoms with Gasteiger partial charge < -0.3 is 9.84 Å². The van der Waals surface area contributed by atoms with Gasteiger partial charge in [-0.15, -0.1) is 0 Å². The number of rotatable bonds is 2. The number of aliphatic hydroxyl groups is 1. The van der Waals surface area contributed by atoms with Crippen LogP contribution in [0, 0.1) is 11.7 Å². The Balaban J connectivity index is 2.48. The largest absolute Gasteiger partial charge is 0.496 e.